The second kappa shape index (κ2) is 12.9. The molecule has 14 heteroatoms. The lowest BCUT2D eigenvalue weighted by molar-refractivity contribution is -0.384. The van der Waals surface area contributed by atoms with Crippen molar-refractivity contribution in [1.82, 2.24) is 20.1 Å². The van der Waals surface area contributed by atoms with Crippen LogP contribution < -0.4 is 15.4 Å². The fourth-order valence-corrected chi connectivity index (χ4v) is 4.10. The van der Waals surface area contributed by atoms with Crippen LogP contribution in [0.1, 0.15) is 22.2 Å². The molecule has 1 heterocycles. The third kappa shape index (κ3) is 7.06. The van der Waals surface area contributed by atoms with Gasteiger partial charge in [0.2, 0.25) is 5.91 Å². The number of amides is 2. The quantitative estimate of drug-likeness (QED) is 0.134. The number of carbonyl (C=O) groups is 2. The maximum absolute atomic E-state index is 12.7. The Hall–Kier alpha value is -3.94. The summed E-state index contributed by atoms with van der Waals surface area (Å²) in [6.07, 6.45) is 1.58. The number of rotatable bonds is 12. The van der Waals surface area contributed by atoms with E-state index >= 15 is 0 Å². The van der Waals surface area contributed by atoms with Crippen molar-refractivity contribution in [3.63, 3.8) is 0 Å². The van der Waals surface area contributed by atoms with E-state index in [9.17, 15) is 24.8 Å². The number of anilines is 1. The van der Waals surface area contributed by atoms with Crippen LogP contribution in [0.15, 0.2) is 60.3 Å². The standard InChI is InChI=1S/C23H23ClN6O6S/c1-3-10-29-21(19(12-31)26-22(33)14-4-7-16(36-2)8-5-14)27-28-23(29)37-13-20(32)25-18-11-15(30(34)35)6-9-17(18)24/h3-9,11,19,31H,1,10,12-13H2,2H3,(H,25,32)(H,26,33)/t19-/m0/s1. The second-order valence-corrected chi connectivity index (χ2v) is 8.78. The third-order valence-corrected chi connectivity index (χ3v) is 6.27. The van der Waals surface area contributed by atoms with Crippen molar-refractivity contribution in [2.24, 2.45) is 0 Å². The van der Waals surface area contributed by atoms with Crippen LogP contribution in [0.3, 0.4) is 0 Å². The number of carbonyl (C=O) groups excluding carboxylic acids is 2. The number of aliphatic hydroxyl groups is 1. The highest BCUT2D eigenvalue weighted by atomic mass is 35.5. The molecule has 0 radical (unpaired) electrons. The highest BCUT2D eigenvalue weighted by Gasteiger charge is 2.23. The van der Waals surface area contributed by atoms with E-state index in [1.807, 2.05) is 0 Å². The molecule has 0 bridgehead atoms. The zero-order valence-electron chi connectivity index (χ0n) is 19.6. The lowest BCUT2D eigenvalue weighted by Gasteiger charge is -2.17. The number of methoxy groups -OCH3 is 1. The van der Waals surface area contributed by atoms with E-state index in [0.717, 1.165) is 11.8 Å². The molecule has 3 rings (SSSR count). The number of nitro groups is 1. The number of ether oxygens (including phenoxy) is 1. The largest absolute Gasteiger partial charge is 0.497 e. The number of halogens is 1. The zero-order chi connectivity index (χ0) is 26.9. The highest BCUT2D eigenvalue weighted by Crippen LogP contribution is 2.27. The van der Waals surface area contributed by atoms with Crippen molar-refractivity contribution in [1.29, 1.82) is 0 Å². The predicted molar refractivity (Wildman–Crippen MR) is 138 cm³/mol. The number of aromatic nitrogens is 3. The number of nitro benzene ring substituents is 1. The Kier molecular flexibility index (Phi) is 9.60. The Morgan fingerprint density at radius 3 is 2.65 bits per heavy atom. The number of benzene rings is 2. The van der Waals surface area contributed by atoms with Crippen LogP contribution in [0.4, 0.5) is 11.4 Å². The minimum absolute atomic E-state index is 0.108. The molecule has 194 valence electrons. The van der Waals surface area contributed by atoms with E-state index in [1.165, 1.54) is 25.3 Å². The summed E-state index contributed by atoms with van der Waals surface area (Å²) in [4.78, 5) is 35.6. The SMILES string of the molecule is C=CCn1c(SCC(=O)Nc2cc([N+](=O)[O-])ccc2Cl)nnc1[C@H](CO)NC(=O)c1ccc(OC)cc1. The number of non-ortho nitro benzene ring substituents is 1. The van der Waals surface area contributed by atoms with Gasteiger partial charge >= 0.3 is 0 Å². The summed E-state index contributed by atoms with van der Waals surface area (Å²) in [5.74, 6) is -0.157. The first-order valence-electron chi connectivity index (χ1n) is 10.7. The normalized spacial score (nSPS) is 11.4. The van der Waals surface area contributed by atoms with Crippen molar-refractivity contribution >= 4 is 46.6 Å². The Balaban J connectivity index is 1.71. The lowest BCUT2D eigenvalue weighted by Crippen LogP contribution is -2.33. The molecule has 3 N–H and O–H groups in total. The van der Waals surface area contributed by atoms with Gasteiger partial charge in [0.25, 0.3) is 11.6 Å². The summed E-state index contributed by atoms with van der Waals surface area (Å²) in [6, 6.07) is 9.30. The third-order valence-electron chi connectivity index (χ3n) is 4.98. The molecule has 0 aliphatic heterocycles. The number of aliphatic hydroxyl groups excluding tert-OH is 1. The molecule has 1 atom stereocenters. The molecule has 12 nitrogen and oxygen atoms in total. The molecule has 0 spiro atoms. The van der Waals surface area contributed by atoms with Gasteiger partial charge in [-0.25, -0.2) is 0 Å². The second-order valence-electron chi connectivity index (χ2n) is 7.44. The van der Waals surface area contributed by atoms with Crippen LogP contribution in [0, 0.1) is 10.1 Å². The Labute approximate surface area is 220 Å². The summed E-state index contributed by atoms with van der Waals surface area (Å²) in [5.41, 5.74) is 0.255. The Morgan fingerprint density at radius 2 is 2.03 bits per heavy atom. The molecule has 37 heavy (non-hydrogen) atoms. The van der Waals surface area contributed by atoms with Gasteiger partial charge in [0.05, 0.1) is 35.1 Å². The van der Waals surface area contributed by atoms with Crippen LogP contribution in [0.25, 0.3) is 0 Å². The molecule has 2 amide bonds. The zero-order valence-corrected chi connectivity index (χ0v) is 21.2. The van der Waals surface area contributed by atoms with Crippen LogP contribution >= 0.6 is 23.4 Å². The highest BCUT2D eigenvalue weighted by molar-refractivity contribution is 7.99. The molecule has 0 saturated heterocycles. The van der Waals surface area contributed by atoms with Gasteiger partial charge in [-0.15, -0.1) is 16.8 Å². The maximum atomic E-state index is 12.7. The number of hydrogen-bond acceptors (Lipinski definition) is 9. The van der Waals surface area contributed by atoms with Crippen molar-refractivity contribution in [3.8, 4) is 5.75 Å². The molecule has 0 aliphatic rings. The van der Waals surface area contributed by atoms with Crippen molar-refractivity contribution < 1.29 is 24.4 Å². The topological polar surface area (TPSA) is 162 Å². The molecule has 0 saturated carbocycles. The summed E-state index contributed by atoms with van der Waals surface area (Å²) < 4.78 is 6.70. The molecule has 2 aromatic carbocycles. The minimum Gasteiger partial charge on any atom is -0.497 e. The van der Waals surface area contributed by atoms with Gasteiger partial charge in [-0.1, -0.05) is 29.4 Å². The van der Waals surface area contributed by atoms with Gasteiger partial charge in [-0.2, -0.15) is 0 Å². The predicted octanol–water partition coefficient (Wildman–Crippen LogP) is 3.23. The molecule has 3 aromatic rings. The first-order valence-corrected chi connectivity index (χ1v) is 12.1. The van der Waals surface area contributed by atoms with Crippen molar-refractivity contribution in [2.45, 2.75) is 17.7 Å². The van der Waals surface area contributed by atoms with E-state index in [2.05, 4.69) is 27.4 Å². The summed E-state index contributed by atoms with van der Waals surface area (Å²) in [5, 5.41) is 34.9. The molecule has 1 aromatic heterocycles. The van der Waals surface area contributed by atoms with E-state index in [-0.39, 0.29) is 34.5 Å². The lowest BCUT2D eigenvalue weighted by atomic mass is 10.2. The van der Waals surface area contributed by atoms with Crippen LogP contribution in [-0.4, -0.2) is 56.1 Å². The summed E-state index contributed by atoms with van der Waals surface area (Å²) in [7, 11) is 1.52. The minimum atomic E-state index is -0.881. The number of hydrogen-bond donors (Lipinski definition) is 3. The molecule has 0 unspecified atom stereocenters. The summed E-state index contributed by atoms with van der Waals surface area (Å²) in [6.45, 7) is 3.51. The van der Waals surface area contributed by atoms with Gasteiger partial charge in [-0.05, 0) is 30.3 Å². The van der Waals surface area contributed by atoms with Crippen LogP contribution in [-0.2, 0) is 11.3 Å². The van der Waals surface area contributed by atoms with E-state index in [4.69, 9.17) is 16.3 Å². The first kappa shape index (κ1) is 27.6. The van der Waals surface area contributed by atoms with Crippen LogP contribution in [0.2, 0.25) is 5.02 Å². The van der Waals surface area contributed by atoms with E-state index in [1.54, 1.807) is 34.9 Å². The van der Waals surface area contributed by atoms with Gasteiger partial charge in [0, 0.05) is 24.2 Å². The number of nitrogens with zero attached hydrogens (tertiary/aromatic N) is 4. The molecular weight excluding hydrogens is 524 g/mol. The number of nitrogens with one attached hydrogen (secondary N) is 2. The first-order chi connectivity index (χ1) is 17.8. The summed E-state index contributed by atoms with van der Waals surface area (Å²) >= 11 is 7.08. The maximum Gasteiger partial charge on any atom is 0.271 e. The molecule has 0 fully saturated rings. The van der Waals surface area contributed by atoms with E-state index in [0.29, 0.717) is 16.5 Å². The van der Waals surface area contributed by atoms with Gasteiger partial charge in [0.15, 0.2) is 11.0 Å². The van der Waals surface area contributed by atoms with E-state index < -0.39 is 29.4 Å². The fraction of sp³-hybridized carbons (Fsp3) is 0.217. The fourth-order valence-electron chi connectivity index (χ4n) is 3.18. The van der Waals surface area contributed by atoms with Crippen molar-refractivity contribution in [2.75, 3.05) is 24.8 Å². The van der Waals surface area contributed by atoms with Gasteiger partial charge in [0.1, 0.15) is 11.8 Å². The average Bonchev–Trinajstić information content (AvgIpc) is 3.29. The van der Waals surface area contributed by atoms with Crippen molar-refractivity contribution in [3.05, 3.63) is 81.6 Å². The Bertz CT molecular complexity index is 1300. The molecular formula is C23H23ClN6O6S. The number of allylic oxidation sites excluding steroid dienone is 1. The average molecular weight is 547 g/mol. The van der Waals surface area contributed by atoms with Gasteiger partial charge in [-0.3, -0.25) is 19.7 Å². The smallest absolute Gasteiger partial charge is 0.271 e. The Morgan fingerprint density at radius 1 is 1.30 bits per heavy atom. The molecule has 0 aliphatic carbocycles. The monoisotopic (exact) mass is 546 g/mol. The number of thioether (sulfide) groups is 1. The van der Waals surface area contributed by atoms with Crippen LogP contribution in [0.5, 0.6) is 5.75 Å². The van der Waals surface area contributed by atoms with Gasteiger partial charge < -0.3 is 25.0 Å².